The summed E-state index contributed by atoms with van der Waals surface area (Å²) in [5.74, 6) is -0.963. The number of non-ortho nitro benzene ring substituents is 1. The molecule has 7 nitrogen and oxygen atoms in total. The number of carboxylic acids is 1. The van der Waals surface area contributed by atoms with Crippen LogP contribution in [0.2, 0.25) is 0 Å². The predicted molar refractivity (Wildman–Crippen MR) is 65.0 cm³/mol. The molecule has 1 rings (SSSR count). The Hall–Kier alpha value is -1.99. The normalized spacial score (nSPS) is 12.9. The Balaban J connectivity index is 0.000000411. The maximum atomic E-state index is 10.2. The largest absolute Gasteiger partial charge is 0.480 e. The maximum absolute atomic E-state index is 10.2. The molecule has 0 saturated heterocycles. The molecule has 0 spiro atoms. The smallest absolute Gasteiger partial charge is 0.320 e. The van der Waals surface area contributed by atoms with Gasteiger partial charge in [-0.05, 0) is 31.5 Å². The Morgan fingerprint density at radius 3 is 1.94 bits per heavy atom. The number of benzene rings is 1. The minimum atomic E-state index is -0.963. The third kappa shape index (κ3) is 5.92. The highest BCUT2D eigenvalue weighted by Gasteiger charge is 2.05. The predicted octanol–water partition coefficient (Wildman–Crippen LogP) is 1.07. The van der Waals surface area contributed by atoms with Gasteiger partial charge in [-0.25, -0.2) is 0 Å². The van der Waals surface area contributed by atoms with Gasteiger partial charge in [0.1, 0.15) is 6.04 Å². The lowest BCUT2D eigenvalue weighted by Crippen LogP contribution is -2.25. The Morgan fingerprint density at radius 1 is 1.33 bits per heavy atom. The number of carboxylic acid groups (broad SMARTS) is 1. The number of nitrogens with two attached hydrogens (primary N) is 1. The molecule has 100 valence electrons. The van der Waals surface area contributed by atoms with Crippen LogP contribution in [-0.4, -0.2) is 27.1 Å². The molecular formula is C11H16N2O5. The lowest BCUT2D eigenvalue weighted by Gasteiger charge is -2.02. The van der Waals surface area contributed by atoms with Gasteiger partial charge in [-0.2, -0.15) is 0 Å². The summed E-state index contributed by atoms with van der Waals surface area (Å²) in [6.45, 7) is 3.03. The van der Waals surface area contributed by atoms with Crippen LogP contribution in [-0.2, 0) is 4.79 Å². The maximum Gasteiger partial charge on any atom is 0.320 e. The number of carbonyl (C=O) groups is 1. The van der Waals surface area contributed by atoms with Crippen LogP contribution < -0.4 is 5.73 Å². The van der Waals surface area contributed by atoms with Crippen molar-refractivity contribution in [2.75, 3.05) is 0 Å². The summed E-state index contributed by atoms with van der Waals surface area (Å²) in [5.41, 5.74) is 5.56. The summed E-state index contributed by atoms with van der Waals surface area (Å²) in [7, 11) is 0. The third-order valence-corrected chi connectivity index (χ3v) is 1.98. The zero-order valence-corrected chi connectivity index (χ0v) is 10.1. The van der Waals surface area contributed by atoms with Crippen molar-refractivity contribution in [2.45, 2.75) is 26.0 Å². The summed E-state index contributed by atoms with van der Waals surface area (Å²) in [6.07, 6.45) is -0.578. The van der Waals surface area contributed by atoms with Crippen molar-refractivity contribution in [3.05, 3.63) is 39.9 Å². The van der Waals surface area contributed by atoms with Gasteiger partial charge in [0.2, 0.25) is 0 Å². The molecule has 7 heteroatoms. The van der Waals surface area contributed by atoms with E-state index in [1.54, 1.807) is 19.1 Å². The van der Waals surface area contributed by atoms with Crippen molar-refractivity contribution < 1.29 is 19.9 Å². The van der Waals surface area contributed by atoms with Crippen molar-refractivity contribution in [1.82, 2.24) is 0 Å². The van der Waals surface area contributed by atoms with Gasteiger partial charge in [0, 0.05) is 12.1 Å². The molecule has 18 heavy (non-hydrogen) atoms. The van der Waals surface area contributed by atoms with Gasteiger partial charge in [-0.15, -0.1) is 0 Å². The highest BCUT2D eigenvalue weighted by Crippen LogP contribution is 2.16. The van der Waals surface area contributed by atoms with E-state index >= 15 is 0 Å². The van der Waals surface area contributed by atoms with E-state index in [2.05, 4.69) is 0 Å². The zero-order valence-electron chi connectivity index (χ0n) is 10.1. The lowest BCUT2D eigenvalue weighted by molar-refractivity contribution is -0.384. The number of nitrogens with zero attached hydrogens (tertiary/aromatic N) is 1. The van der Waals surface area contributed by atoms with E-state index in [1.165, 1.54) is 19.1 Å². The van der Waals surface area contributed by atoms with E-state index < -0.39 is 23.0 Å². The fourth-order valence-corrected chi connectivity index (χ4v) is 0.875. The molecule has 0 fully saturated rings. The summed E-state index contributed by atoms with van der Waals surface area (Å²) in [6, 6.07) is 5.11. The molecule has 0 heterocycles. The standard InChI is InChI=1S/C8H9NO3.C3H7NO2/c1-6(10)7-2-4-8(5-3-7)9(11)12;1-2(4)3(5)6/h2-6,10H,1H3;2H,4H2,1H3,(H,5,6)/t;2-/m.0/s1. The molecule has 1 aromatic rings. The summed E-state index contributed by atoms with van der Waals surface area (Å²) in [5, 5.41) is 27.2. The topological polar surface area (TPSA) is 127 Å². The number of hydrogen-bond acceptors (Lipinski definition) is 5. The van der Waals surface area contributed by atoms with E-state index in [0.29, 0.717) is 5.56 Å². The molecule has 0 radical (unpaired) electrons. The van der Waals surface area contributed by atoms with Gasteiger partial charge in [-0.1, -0.05) is 0 Å². The van der Waals surface area contributed by atoms with Crippen molar-refractivity contribution in [2.24, 2.45) is 5.73 Å². The monoisotopic (exact) mass is 256 g/mol. The third-order valence-electron chi connectivity index (χ3n) is 1.98. The highest BCUT2D eigenvalue weighted by molar-refractivity contribution is 5.72. The first-order valence-corrected chi connectivity index (χ1v) is 5.16. The van der Waals surface area contributed by atoms with Crippen LogP contribution in [0.1, 0.15) is 25.5 Å². The van der Waals surface area contributed by atoms with Gasteiger partial charge in [0.15, 0.2) is 0 Å². The molecule has 0 amide bonds. The second-order valence-electron chi connectivity index (χ2n) is 3.65. The molecule has 0 aromatic heterocycles. The van der Waals surface area contributed by atoms with Crippen LogP contribution in [0.15, 0.2) is 24.3 Å². The molecule has 0 saturated carbocycles. The van der Waals surface area contributed by atoms with Crippen molar-refractivity contribution in [3.63, 3.8) is 0 Å². The number of nitro groups is 1. The Bertz CT molecular complexity index is 400. The van der Waals surface area contributed by atoms with E-state index in [1.807, 2.05) is 0 Å². The molecule has 0 aliphatic heterocycles. The van der Waals surface area contributed by atoms with E-state index in [9.17, 15) is 14.9 Å². The SMILES string of the molecule is CC(O)c1ccc([N+](=O)[O-])cc1.C[C@H](N)C(=O)O. The molecule has 0 aliphatic rings. The first-order valence-electron chi connectivity index (χ1n) is 5.16. The minimum absolute atomic E-state index is 0.0411. The molecule has 4 N–H and O–H groups in total. The molecule has 2 atom stereocenters. The van der Waals surface area contributed by atoms with E-state index in [4.69, 9.17) is 15.9 Å². The Morgan fingerprint density at radius 2 is 1.72 bits per heavy atom. The average Bonchev–Trinajstić information content (AvgIpc) is 2.29. The van der Waals surface area contributed by atoms with Crippen LogP contribution in [0.25, 0.3) is 0 Å². The molecule has 1 unspecified atom stereocenters. The number of aliphatic hydroxyl groups is 1. The van der Waals surface area contributed by atoms with Gasteiger partial charge in [-0.3, -0.25) is 14.9 Å². The Labute approximate surface area is 104 Å². The van der Waals surface area contributed by atoms with Crippen molar-refractivity contribution >= 4 is 11.7 Å². The van der Waals surface area contributed by atoms with Crippen LogP contribution in [0.5, 0.6) is 0 Å². The van der Waals surface area contributed by atoms with Gasteiger partial charge < -0.3 is 15.9 Å². The van der Waals surface area contributed by atoms with E-state index in [-0.39, 0.29) is 5.69 Å². The fourth-order valence-electron chi connectivity index (χ4n) is 0.875. The Kier molecular flexibility index (Phi) is 6.54. The number of aliphatic carboxylic acids is 1. The summed E-state index contributed by atoms with van der Waals surface area (Å²) < 4.78 is 0. The first kappa shape index (κ1) is 16.0. The summed E-state index contributed by atoms with van der Waals surface area (Å²) >= 11 is 0. The molecule has 0 aliphatic carbocycles. The van der Waals surface area contributed by atoms with Crippen LogP contribution in [0.3, 0.4) is 0 Å². The highest BCUT2D eigenvalue weighted by atomic mass is 16.6. The number of rotatable bonds is 3. The number of nitro benzene ring substituents is 1. The van der Waals surface area contributed by atoms with E-state index in [0.717, 1.165) is 0 Å². The van der Waals surface area contributed by atoms with Gasteiger partial charge in [0.05, 0.1) is 11.0 Å². The van der Waals surface area contributed by atoms with Crippen LogP contribution in [0.4, 0.5) is 5.69 Å². The van der Waals surface area contributed by atoms with Gasteiger partial charge >= 0.3 is 5.97 Å². The zero-order chi connectivity index (χ0) is 14.3. The first-order chi connectivity index (χ1) is 8.25. The van der Waals surface area contributed by atoms with Crippen molar-refractivity contribution in [3.8, 4) is 0 Å². The van der Waals surface area contributed by atoms with Crippen molar-refractivity contribution in [1.29, 1.82) is 0 Å². The lowest BCUT2D eigenvalue weighted by atomic mass is 10.1. The second kappa shape index (κ2) is 7.36. The number of hydrogen-bond donors (Lipinski definition) is 3. The average molecular weight is 256 g/mol. The second-order valence-corrected chi connectivity index (χ2v) is 3.65. The minimum Gasteiger partial charge on any atom is -0.480 e. The molecular weight excluding hydrogens is 240 g/mol. The molecule has 0 bridgehead atoms. The van der Waals surface area contributed by atoms with Gasteiger partial charge in [0.25, 0.3) is 5.69 Å². The van der Waals surface area contributed by atoms with Crippen LogP contribution in [0, 0.1) is 10.1 Å². The quantitative estimate of drug-likeness (QED) is 0.548. The van der Waals surface area contributed by atoms with Crippen LogP contribution >= 0.6 is 0 Å². The number of aliphatic hydroxyl groups excluding tert-OH is 1. The summed E-state index contributed by atoms with van der Waals surface area (Å²) in [4.78, 5) is 19.3. The fraction of sp³-hybridized carbons (Fsp3) is 0.364. The molecule has 1 aromatic carbocycles.